The van der Waals surface area contributed by atoms with E-state index in [1.54, 1.807) is 13.8 Å². The minimum absolute atomic E-state index is 0.0321. The Bertz CT molecular complexity index is 494. The first-order valence-electron chi connectivity index (χ1n) is 5.67. The number of nitro benzene ring substituents is 1. The number of amides is 1. The predicted molar refractivity (Wildman–Crippen MR) is 70.2 cm³/mol. The van der Waals surface area contributed by atoms with Crippen LogP contribution in [0.15, 0.2) is 18.2 Å². The van der Waals surface area contributed by atoms with Gasteiger partial charge in [-0.15, -0.1) is 0 Å². The lowest BCUT2D eigenvalue weighted by Gasteiger charge is -2.19. The minimum Gasteiger partial charge on any atom is -0.485 e. The van der Waals surface area contributed by atoms with Crippen LogP contribution < -0.4 is 15.8 Å². The van der Waals surface area contributed by atoms with E-state index in [0.29, 0.717) is 0 Å². The first-order chi connectivity index (χ1) is 8.74. The van der Waals surface area contributed by atoms with Crippen molar-refractivity contribution in [3.8, 4) is 5.75 Å². The molecule has 1 aromatic rings. The summed E-state index contributed by atoms with van der Waals surface area (Å²) in [5, 5.41) is 13.3. The van der Waals surface area contributed by atoms with Crippen molar-refractivity contribution in [3.63, 3.8) is 0 Å². The van der Waals surface area contributed by atoms with Crippen molar-refractivity contribution >= 4 is 11.6 Å². The molecule has 3 N–H and O–H groups in total. The molecule has 1 rings (SSSR count). The van der Waals surface area contributed by atoms with E-state index in [2.05, 4.69) is 5.32 Å². The molecule has 0 saturated heterocycles. The third-order valence-corrected chi connectivity index (χ3v) is 2.25. The molecule has 7 heteroatoms. The van der Waals surface area contributed by atoms with E-state index < -0.39 is 10.5 Å². The average Bonchev–Trinajstić information content (AvgIpc) is 2.34. The second kappa shape index (κ2) is 5.66. The Morgan fingerprint density at radius 3 is 2.63 bits per heavy atom. The van der Waals surface area contributed by atoms with E-state index >= 15 is 0 Å². The maximum Gasteiger partial charge on any atom is 0.310 e. The second-order valence-corrected chi connectivity index (χ2v) is 4.80. The molecule has 7 nitrogen and oxygen atoms in total. The van der Waals surface area contributed by atoms with Gasteiger partial charge >= 0.3 is 5.69 Å². The summed E-state index contributed by atoms with van der Waals surface area (Å²) in [4.78, 5) is 21.8. The molecule has 0 radical (unpaired) electrons. The summed E-state index contributed by atoms with van der Waals surface area (Å²) in [7, 11) is 1.48. The van der Waals surface area contributed by atoms with Crippen LogP contribution >= 0.6 is 0 Å². The minimum atomic E-state index is -0.628. The summed E-state index contributed by atoms with van der Waals surface area (Å²) in [6.07, 6.45) is 0. The molecule has 0 aromatic heterocycles. The first-order valence-corrected chi connectivity index (χ1v) is 5.67. The van der Waals surface area contributed by atoms with Gasteiger partial charge in [0.05, 0.1) is 4.92 Å². The van der Waals surface area contributed by atoms with Crippen molar-refractivity contribution in [3.05, 3.63) is 33.9 Å². The number of nitro groups is 1. The lowest BCUT2D eigenvalue weighted by atomic mass is 10.1. The number of rotatable bonds is 5. The number of nitrogens with one attached hydrogen (secondary N) is 1. The molecule has 0 saturated carbocycles. The van der Waals surface area contributed by atoms with Crippen LogP contribution in [-0.2, 0) is 0 Å². The van der Waals surface area contributed by atoms with Crippen molar-refractivity contribution in [2.24, 2.45) is 5.73 Å². The Kier molecular flexibility index (Phi) is 4.44. The number of nitrogens with two attached hydrogens (primary N) is 1. The van der Waals surface area contributed by atoms with Crippen molar-refractivity contribution in [1.29, 1.82) is 0 Å². The zero-order valence-electron chi connectivity index (χ0n) is 11.1. The van der Waals surface area contributed by atoms with Crippen molar-refractivity contribution in [2.75, 3.05) is 13.7 Å². The van der Waals surface area contributed by atoms with E-state index in [9.17, 15) is 14.9 Å². The molecule has 0 spiro atoms. The summed E-state index contributed by atoms with van der Waals surface area (Å²) in [5.41, 5.74) is 5.22. The van der Waals surface area contributed by atoms with Gasteiger partial charge in [-0.3, -0.25) is 14.9 Å². The van der Waals surface area contributed by atoms with Crippen molar-refractivity contribution in [2.45, 2.75) is 19.4 Å². The monoisotopic (exact) mass is 267 g/mol. The fraction of sp³-hybridized carbons (Fsp3) is 0.417. The largest absolute Gasteiger partial charge is 0.485 e. The van der Waals surface area contributed by atoms with E-state index in [-0.39, 0.29) is 29.5 Å². The Balaban J connectivity index is 3.09. The lowest BCUT2D eigenvalue weighted by molar-refractivity contribution is -0.385. The SMILES string of the molecule is CNC(=O)c1ccc([N+](=O)[O-])c(OCC(C)(C)N)c1. The van der Waals surface area contributed by atoms with Crippen molar-refractivity contribution in [1.82, 2.24) is 5.32 Å². The highest BCUT2D eigenvalue weighted by Gasteiger charge is 2.20. The van der Waals surface area contributed by atoms with E-state index in [0.717, 1.165) is 0 Å². The summed E-state index contributed by atoms with van der Waals surface area (Å²) >= 11 is 0. The Labute approximate surface area is 110 Å². The summed E-state index contributed by atoms with van der Waals surface area (Å²) < 4.78 is 5.35. The molecular weight excluding hydrogens is 250 g/mol. The zero-order chi connectivity index (χ0) is 14.6. The molecule has 104 valence electrons. The number of hydrogen-bond donors (Lipinski definition) is 2. The van der Waals surface area contributed by atoms with E-state index in [4.69, 9.17) is 10.5 Å². The highest BCUT2D eigenvalue weighted by Crippen LogP contribution is 2.28. The molecule has 1 amide bonds. The first kappa shape index (κ1) is 14.9. The molecular formula is C12H17N3O4. The Morgan fingerprint density at radius 1 is 1.53 bits per heavy atom. The maximum absolute atomic E-state index is 11.5. The smallest absolute Gasteiger partial charge is 0.310 e. The molecule has 19 heavy (non-hydrogen) atoms. The van der Waals surface area contributed by atoms with Crippen LogP contribution in [0.25, 0.3) is 0 Å². The Hall–Kier alpha value is -2.15. The molecule has 0 unspecified atom stereocenters. The van der Waals surface area contributed by atoms with Gasteiger partial charge in [-0.2, -0.15) is 0 Å². The number of carbonyl (C=O) groups excluding carboxylic acids is 1. The standard InChI is InChI=1S/C12H17N3O4/c1-12(2,13)7-19-10-6-8(11(16)14-3)4-5-9(10)15(17)18/h4-6H,7,13H2,1-3H3,(H,14,16). The van der Waals surface area contributed by atoms with Gasteiger partial charge in [0.1, 0.15) is 6.61 Å². The number of carbonyl (C=O) groups is 1. The van der Waals surface area contributed by atoms with Gasteiger partial charge < -0.3 is 15.8 Å². The Morgan fingerprint density at radius 2 is 2.16 bits per heavy atom. The molecule has 0 heterocycles. The van der Waals surface area contributed by atoms with Crippen LogP contribution in [0.2, 0.25) is 0 Å². The zero-order valence-corrected chi connectivity index (χ0v) is 11.1. The van der Waals surface area contributed by atoms with Crippen LogP contribution in [0.1, 0.15) is 24.2 Å². The molecule has 0 aliphatic rings. The molecule has 0 fully saturated rings. The van der Waals surface area contributed by atoms with Crippen LogP contribution in [0.5, 0.6) is 5.75 Å². The van der Waals surface area contributed by atoms with Crippen LogP contribution in [0.4, 0.5) is 5.69 Å². The molecule has 0 aliphatic heterocycles. The fourth-order valence-electron chi connectivity index (χ4n) is 1.33. The van der Waals surface area contributed by atoms with Gasteiger partial charge in [-0.05, 0) is 19.9 Å². The van der Waals surface area contributed by atoms with Crippen LogP contribution in [0.3, 0.4) is 0 Å². The third-order valence-electron chi connectivity index (χ3n) is 2.25. The van der Waals surface area contributed by atoms with Crippen LogP contribution in [-0.4, -0.2) is 30.0 Å². The molecule has 0 bridgehead atoms. The normalized spacial score (nSPS) is 10.9. The number of nitrogens with zero attached hydrogens (tertiary/aromatic N) is 1. The van der Waals surface area contributed by atoms with Crippen molar-refractivity contribution < 1.29 is 14.5 Å². The predicted octanol–water partition coefficient (Wildman–Crippen LogP) is 1.07. The lowest BCUT2D eigenvalue weighted by Crippen LogP contribution is -2.38. The summed E-state index contributed by atoms with van der Waals surface area (Å²) in [5.74, 6) is -0.309. The molecule has 0 aliphatic carbocycles. The topological polar surface area (TPSA) is 107 Å². The number of benzene rings is 1. The molecule has 0 atom stereocenters. The summed E-state index contributed by atoms with van der Waals surface area (Å²) in [6.45, 7) is 3.58. The fourth-order valence-corrected chi connectivity index (χ4v) is 1.33. The van der Waals surface area contributed by atoms with E-state index in [1.165, 1.54) is 25.2 Å². The third kappa shape index (κ3) is 4.22. The second-order valence-electron chi connectivity index (χ2n) is 4.80. The van der Waals surface area contributed by atoms with Gasteiger partial charge in [0.2, 0.25) is 0 Å². The van der Waals surface area contributed by atoms with Gasteiger partial charge in [0.25, 0.3) is 5.91 Å². The average molecular weight is 267 g/mol. The van der Waals surface area contributed by atoms with Gasteiger partial charge in [0, 0.05) is 30.3 Å². The van der Waals surface area contributed by atoms with E-state index in [1.807, 2.05) is 0 Å². The number of hydrogen-bond acceptors (Lipinski definition) is 5. The number of ether oxygens (including phenoxy) is 1. The quantitative estimate of drug-likeness (QED) is 0.613. The molecule has 1 aromatic carbocycles. The van der Waals surface area contributed by atoms with Crippen LogP contribution in [0, 0.1) is 10.1 Å². The highest BCUT2D eigenvalue weighted by atomic mass is 16.6. The summed E-state index contributed by atoms with van der Waals surface area (Å²) in [6, 6.07) is 3.95. The highest BCUT2D eigenvalue weighted by molar-refractivity contribution is 5.94. The van der Waals surface area contributed by atoms with Gasteiger partial charge in [-0.1, -0.05) is 0 Å². The maximum atomic E-state index is 11.5. The van der Waals surface area contributed by atoms with Gasteiger partial charge in [-0.25, -0.2) is 0 Å². The van der Waals surface area contributed by atoms with Gasteiger partial charge in [0.15, 0.2) is 5.75 Å².